The number of imide groups is 1. The third-order valence-corrected chi connectivity index (χ3v) is 10.4. The van der Waals surface area contributed by atoms with Crippen molar-refractivity contribution in [3.63, 3.8) is 0 Å². The number of amides is 2. The van der Waals surface area contributed by atoms with E-state index in [0.29, 0.717) is 16.8 Å². The first-order chi connectivity index (χ1) is 24.4. The van der Waals surface area contributed by atoms with Crippen LogP contribution in [0.25, 0.3) is 0 Å². The molecule has 1 saturated heterocycles. The molecule has 0 unspecified atom stereocenters. The van der Waals surface area contributed by atoms with Gasteiger partial charge in [0.15, 0.2) is 6.29 Å². The quantitative estimate of drug-likeness (QED) is 0.0944. The van der Waals surface area contributed by atoms with Crippen LogP contribution in [0.3, 0.4) is 0 Å². The van der Waals surface area contributed by atoms with E-state index in [1.54, 1.807) is 24.3 Å². The van der Waals surface area contributed by atoms with Crippen LogP contribution in [0.5, 0.6) is 0 Å². The molecular weight excluding hydrogens is 624 g/mol. The molecule has 1 fully saturated rings. The van der Waals surface area contributed by atoms with E-state index in [1.165, 1.54) is 81.9 Å². The largest absolute Gasteiger partial charge is 0.392 e. The van der Waals surface area contributed by atoms with E-state index in [9.17, 15) is 14.7 Å². The maximum Gasteiger partial charge on any atom is 0.266 e. The highest BCUT2D eigenvalue weighted by atomic mass is 16.7. The molecule has 7 heteroatoms. The van der Waals surface area contributed by atoms with Gasteiger partial charge in [-0.05, 0) is 61.3 Å². The molecule has 0 radical (unpaired) electrons. The molecule has 5 rings (SSSR count). The van der Waals surface area contributed by atoms with Gasteiger partial charge in [0.1, 0.15) is 0 Å². The van der Waals surface area contributed by atoms with Crippen LogP contribution < -0.4 is 4.90 Å². The van der Waals surface area contributed by atoms with Crippen molar-refractivity contribution in [2.75, 3.05) is 24.5 Å². The van der Waals surface area contributed by atoms with Crippen molar-refractivity contribution in [1.82, 2.24) is 4.90 Å². The molecule has 3 aromatic carbocycles. The molecule has 0 saturated carbocycles. The molecule has 2 aliphatic heterocycles. The number of carbonyl (C=O) groups is 2. The highest BCUT2D eigenvalue weighted by molar-refractivity contribution is 6.34. The fraction of sp³-hybridized carbons (Fsp3) is 0.535. The van der Waals surface area contributed by atoms with Gasteiger partial charge in [0, 0.05) is 18.0 Å². The van der Waals surface area contributed by atoms with Gasteiger partial charge in [0.25, 0.3) is 11.8 Å². The highest BCUT2D eigenvalue weighted by Gasteiger charge is 2.40. The van der Waals surface area contributed by atoms with Crippen LogP contribution in [-0.2, 0) is 16.1 Å². The molecule has 0 bridgehead atoms. The normalized spacial score (nSPS) is 20.5. The second kappa shape index (κ2) is 19.3. The minimum Gasteiger partial charge on any atom is -0.392 e. The lowest BCUT2D eigenvalue weighted by molar-refractivity contribution is -0.276. The number of rotatable bonds is 20. The minimum atomic E-state index is -0.611. The van der Waals surface area contributed by atoms with Gasteiger partial charge in [-0.25, -0.2) is 4.90 Å². The first-order valence-corrected chi connectivity index (χ1v) is 19.3. The summed E-state index contributed by atoms with van der Waals surface area (Å²) in [4.78, 5) is 30.1. The average Bonchev–Trinajstić information content (AvgIpc) is 3.40. The van der Waals surface area contributed by atoms with Crippen LogP contribution in [0.2, 0.25) is 0 Å². The maximum absolute atomic E-state index is 13.1. The van der Waals surface area contributed by atoms with Crippen LogP contribution in [0.15, 0.2) is 72.8 Å². The van der Waals surface area contributed by atoms with Gasteiger partial charge in [0.2, 0.25) is 0 Å². The number of nitrogens with zero attached hydrogens (tertiary/aromatic N) is 2. The second-order valence-electron chi connectivity index (χ2n) is 14.2. The third kappa shape index (κ3) is 9.70. The Hall–Kier alpha value is -3.36. The predicted octanol–water partition coefficient (Wildman–Crippen LogP) is 9.79. The van der Waals surface area contributed by atoms with E-state index in [-0.39, 0.29) is 36.5 Å². The molecule has 2 heterocycles. The Bertz CT molecular complexity index is 1440. The zero-order valence-corrected chi connectivity index (χ0v) is 30.5. The highest BCUT2D eigenvalue weighted by Crippen LogP contribution is 2.42. The molecule has 50 heavy (non-hydrogen) atoms. The second-order valence-corrected chi connectivity index (χ2v) is 14.2. The summed E-state index contributed by atoms with van der Waals surface area (Å²) in [7, 11) is 0. The molecule has 7 nitrogen and oxygen atoms in total. The van der Waals surface area contributed by atoms with Gasteiger partial charge in [0.05, 0.1) is 35.6 Å². The Morgan fingerprint density at radius 2 is 1.18 bits per heavy atom. The monoisotopic (exact) mass is 682 g/mol. The molecule has 2 amide bonds. The summed E-state index contributed by atoms with van der Waals surface area (Å²) in [6, 6.07) is 22.4. The molecule has 0 spiro atoms. The van der Waals surface area contributed by atoms with Crippen LogP contribution in [-0.4, -0.2) is 47.6 Å². The van der Waals surface area contributed by atoms with E-state index < -0.39 is 6.29 Å². The number of hydrogen-bond donors (Lipinski definition) is 1. The van der Waals surface area contributed by atoms with Crippen molar-refractivity contribution in [2.24, 2.45) is 5.92 Å². The summed E-state index contributed by atoms with van der Waals surface area (Å²) in [6.07, 6.45) is 14.4. The molecule has 0 aromatic heterocycles. The number of benzene rings is 3. The standard InChI is InChI=1S/C43H58N2O5/c1-4-6-8-10-12-16-28-44(29-17-13-11-9-7-5-2)30-39-32(3)40(34-22-20-33(31-46)21-23-34)50-43(49-39)35-24-26-36(27-25-35)45-41(47)37-18-14-15-19-38(37)42(45)48/h14-15,18-27,32,39-40,43,46H,4-13,16-17,28-31H2,1-3H3/t32-,39+,40+,43+/m0/s1. The molecule has 0 aliphatic carbocycles. The van der Waals surface area contributed by atoms with E-state index in [2.05, 4.69) is 37.8 Å². The van der Waals surface area contributed by atoms with Gasteiger partial charge in [-0.2, -0.15) is 0 Å². The van der Waals surface area contributed by atoms with Gasteiger partial charge >= 0.3 is 0 Å². The van der Waals surface area contributed by atoms with Crippen LogP contribution in [0, 0.1) is 5.92 Å². The van der Waals surface area contributed by atoms with Gasteiger partial charge in [-0.3, -0.25) is 9.59 Å². The average molecular weight is 683 g/mol. The summed E-state index contributed by atoms with van der Waals surface area (Å²) >= 11 is 0. The summed E-state index contributed by atoms with van der Waals surface area (Å²) in [6.45, 7) is 9.74. The number of aliphatic hydroxyl groups excluding tert-OH is 1. The molecule has 3 aromatic rings. The Kier molecular flexibility index (Phi) is 14.6. The van der Waals surface area contributed by atoms with Crippen molar-refractivity contribution < 1.29 is 24.2 Å². The number of ether oxygens (including phenoxy) is 2. The van der Waals surface area contributed by atoms with Crippen molar-refractivity contribution in [2.45, 2.75) is 123 Å². The van der Waals surface area contributed by atoms with Crippen molar-refractivity contribution in [3.8, 4) is 0 Å². The van der Waals surface area contributed by atoms with Crippen LogP contribution >= 0.6 is 0 Å². The summed E-state index contributed by atoms with van der Waals surface area (Å²) in [5.41, 5.74) is 4.17. The Morgan fingerprint density at radius 1 is 0.660 bits per heavy atom. The number of unbranched alkanes of at least 4 members (excludes halogenated alkanes) is 10. The maximum atomic E-state index is 13.1. The zero-order valence-electron chi connectivity index (χ0n) is 30.5. The molecular formula is C43H58N2O5. The third-order valence-electron chi connectivity index (χ3n) is 10.4. The van der Waals surface area contributed by atoms with E-state index in [4.69, 9.17) is 9.47 Å². The lowest BCUT2D eigenvalue weighted by Gasteiger charge is -2.43. The van der Waals surface area contributed by atoms with Crippen LogP contribution in [0.4, 0.5) is 5.69 Å². The first-order valence-electron chi connectivity index (χ1n) is 19.3. The smallest absolute Gasteiger partial charge is 0.266 e. The number of anilines is 1. The lowest BCUT2D eigenvalue weighted by atomic mass is 9.90. The zero-order chi connectivity index (χ0) is 35.3. The van der Waals surface area contributed by atoms with Gasteiger partial charge in [-0.1, -0.05) is 134 Å². The van der Waals surface area contributed by atoms with Crippen molar-refractivity contribution in [3.05, 3.63) is 101 Å². The molecule has 4 atom stereocenters. The first kappa shape index (κ1) is 37.9. The Labute approximate surface area is 300 Å². The van der Waals surface area contributed by atoms with Crippen molar-refractivity contribution in [1.29, 1.82) is 0 Å². The number of hydrogen-bond acceptors (Lipinski definition) is 6. The summed E-state index contributed by atoms with van der Waals surface area (Å²) in [5.74, 6) is -0.514. The van der Waals surface area contributed by atoms with E-state index in [1.807, 2.05) is 36.4 Å². The summed E-state index contributed by atoms with van der Waals surface area (Å²) in [5, 5.41) is 9.67. The Balaban J connectivity index is 1.33. The fourth-order valence-electron chi connectivity index (χ4n) is 7.31. The summed E-state index contributed by atoms with van der Waals surface area (Å²) < 4.78 is 13.6. The van der Waals surface area contributed by atoms with E-state index >= 15 is 0 Å². The lowest BCUT2D eigenvalue weighted by Crippen LogP contribution is -2.45. The molecule has 1 N–H and O–H groups in total. The predicted molar refractivity (Wildman–Crippen MR) is 200 cm³/mol. The van der Waals surface area contributed by atoms with E-state index in [0.717, 1.165) is 36.3 Å². The van der Waals surface area contributed by atoms with Gasteiger partial charge < -0.3 is 19.5 Å². The minimum absolute atomic E-state index is 0.00101. The number of carbonyl (C=O) groups excluding carboxylic acids is 2. The number of aliphatic hydroxyl groups is 1. The molecule has 270 valence electrons. The van der Waals surface area contributed by atoms with Crippen molar-refractivity contribution >= 4 is 17.5 Å². The fourth-order valence-corrected chi connectivity index (χ4v) is 7.31. The Morgan fingerprint density at radius 3 is 1.72 bits per heavy atom. The SMILES string of the molecule is CCCCCCCCN(CCCCCCCC)C[C@H]1O[C@@H](c2ccc(N3C(=O)c4ccccc4C3=O)cc2)O[C@@H](c2ccc(CO)cc2)[C@H]1C. The molecule has 2 aliphatic rings. The van der Waals surface area contributed by atoms with Gasteiger partial charge in [-0.15, -0.1) is 0 Å². The number of fused-ring (bicyclic) bond motifs is 1. The van der Waals surface area contributed by atoms with Crippen LogP contribution in [0.1, 0.15) is 148 Å². The topological polar surface area (TPSA) is 79.3 Å².